The van der Waals surface area contributed by atoms with Crippen LogP contribution in [0.1, 0.15) is 20.3 Å². The molecule has 0 aromatic rings. The van der Waals surface area contributed by atoms with Crippen molar-refractivity contribution in [2.75, 3.05) is 19.6 Å². The van der Waals surface area contributed by atoms with Crippen LogP contribution in [-0.2, 0) is 9.59 Å². The predicted octanol–water partition coefficient (Wildman–Crippen LogP) is -1.40. The zero-order valence-corrected chi connectivity index (χ0v) is 10.3. The first-order valence-corrected chi connectivity index (χ1v) is 5.95. The molecule has 2 unspecified atom stereocenters. The Kier molecular flexibility index (Phi) is 5.37. The maximum absolute atomic E-state index is 11.6. The number of carbonyl (C=O) groups excluding carboxylic acids is 2. The number of hydrogen-bond acceptors (Lipinski definition) is 4. The Morgan fingerprint density at radius 1 is 1.41 bits per heavy atom. The molecule has 0 bridgehead atoms. The van der Waals surface area contributed by atoms with Crippen LogP contribution in [0.3, 0.4) is 0 Å². The first-order valence-electron chi connectivity index (χ1n) is 5.95. The molecule has 2 amide bonds. The van der Waals surface area contributed by atoms with Gasteiger partial charge in [0.2, 0.25) is 11.8 Å². The number of nitrogens with one attached hydrogen (secondary N) is 3. The molecule has 1 heterocycles. The summed E-state index contributed by atoms with van der Waals surface area (Å²) in [6.07, 6.45) is -0.0695. The highest BCUT2D eigenvalue weighted by atomic mass is 16.3. The summed E-state index contributed by atoms with van der Waals surface area (Å²) in [6, 6.07) is -0.386. The van der Waals surface area contributed by atoms with Gasteiger partial charge in [-0.25, -0.2) is 0 Å². The number of hydrogen-bond donors (Lipinski definition) is 4. The molecular formula is C11H21N3O3. The maximum atomic E-state index is 11.6. The fourth-order valence-electron chi connectivity index (χ4n) is 1.59. The van der Waals surface area contributed by atoms with E-state index in [4.69, 9.17) is 0 Å². The quantitative estimate of drug-likeness (QED) is 0.478. The fourth-order valence-corrected chi connectivity index (χ4v) is 1.59. The first-order chi connectivity index (χ1) is 7.99. The molecule has 1 fully saturated rings. The summed E-state index contributed by atoms with van der Waals surface area (Å²) in [5, 5.41) is 17.4. The summed E-state index contributed by atoms with van der Waals surface area (Å²) in [6.45, 7) is 5.03. The number of aliphatic hydroxyl groups excluding tert-OH is 1. The molecule has 0 aromatic heterocycles. The normalized spacial score (nSPS) is 23.8. The van der Waals surface area contributed by atoms with E-state index in [0.717, 1.165) is 0 Å². The van der Waals surface area contributed by atoms with Crippen molar-refractivity contribution in [1.82, 2.24) is 16.0 Å². The second-order valence-electron chi connectivity index (χ2n) is 4.77. The topological polar surface area (TPSA) is 90.5 Å². The van der Waals surface area contributed by atoms with Gasteiger partial charge < -0.3 is 21.1 Å². The molecule has 98 valence electrons. The Morgan fingerprint density at radius 3 is 2.65 bits per heavy atom. The van der Waals surface area contributed by atoms with Gasteiger partial charge in [0.05, 0.1) is 18.7 Å². The van der Waals surface area contributed by atoms with Crippen molar-refractivity contribution >= 4 is 11.8 Å². The Hall–Kier alpha value is -1.14. The lowest BCUT2D eigenvalue weighted by Gasteiger charge is -2.11. The van der Waals surface area contributed by atoms with Crippen molar-refractivity contribution in [3.63, 3.8) is 0 Å². The Balaban J connectivity index is 2.17. The van der Waals surface area contributed by atoms with Gasteiger partial charge >= 0.3 is 0 Å². The van der Waals surface area contributed by atoms with Crippen LogP contribution in [0.25, 0.3) is 0 Å². The van der Waals surface area contributed by atoms with Gasteiger partial charge in [-0.1, -0.05) is 13.8 Å². The zero-order valence-electron chi connectivity index (χ0n) is 10.3. The minimum Gasteiger partial charge on any atom is -0.392 e. The highest BCUT2D eigenvalue weighted by Crippen LogP contribution is 2.05. The molecule has 1 rings (SSSR count). The summed E-state index contributed by atoms with van der Waals surface area (Å²) in [7, 11) is 0. The molecule has 0 aliphatic carbocycles. The van der Waals surface area contributed by atoms with E-state index < -0.39 is 6.10 Å². The van der Waals surface area contributed by atoms with E-state index >= 15 is 0 Å². The largest absolute Gasteiger partial charge is 0.392 e. The maximum Gasteiger partial charge on any atom is 0.239 e. The van der Waals surface area contributed by atoms with Gasteiger partial charge in [0.1, 0.15) is 0 Å². The second kappa shape index (κ2) is 6.56. The molecule has 6 nitrogen and oxygen atoms in total. The lowest BCUT2D eigenvalue weighted by Crippen LogP contribution is -2.45. The Morgan fingerprint density at radius 2 is 2.12 bits per heavy atom. The summed E-state index contributed by atoms with van der Waals surface area (Å²) in [4.78, 5) is 22.9. The van der Waals surface area contributed by atoms with Crippen molar-refractivity contribution in [1.29, 1.82) is 0 Å². The number of aliphatic hydroxyl groups is 1. The van der Waals surface area contributed by atoms with Crippen LogP contribution in [-0.4, -0.2) is 48.7 Å². The van der Waals surface area contributed by atoms with Gasteiger partial charge in [-0.2, -0.15) is 0 Å². The standard InChI is InChI=1S/C11H21N3O3/c1-7(2)4-13-10(16)6-14-11(17)9-3-8(15)5-12-9/h7-9,12,15H,3-6H2,1-2H3,(H,13,16)(H,14,17). The van der Waals surface area contributed by atoms with Crippen LogP contribution in [0.15, 0.2) is 0 Å². The monoisotopic (exact) mass is 243 g/mol. The first kappa shape index (κ1) is 13.9. The Bertz CT molecular complexity index is 281. The third kappa shape index (κ3) is 5.14. The van der Waals surface area contributed by atoms with Crippen molar-refractivity contribution in [3.8, 4) is 0 Å². The van der Waals surface area contributed by atoms with Gasteiger partial charge in [-0.3, -0.25) is 9.59 Å². The van der Waals surface area contributed by atoms with Crippen LogP contribution in [0, 0.1) is 5.92 Å². The highest BCUT2D eigenvalue weighted by Gasteiger charge is 2.27. The predicted molar refractivity (Wildman–Crippen MR) is 63.3 cm³/mol. The molecule has 4 N–H and O–H groups in total. The van der Waals surface area contributed by atoms with E-state index in [1.165, 1.54) is 0 Å². The summed E-state index contributed by atoms with van der Waals surface area (Å²) < 4.78 is 0. The number of amides is 2. The third-order valence-electron chi connectivity index (χ3n) is 2.55. The van der Waals surface area contributed by atoms with Gasteiger partial charge in [0, 0.05) is 13.1 Å². The van der Waals surface area contributed by atoms with Gasteiger partial charge in [0.15, 0.2) is 0 Å². The molecule has 0 spiro atoms. The van der Waals surface area contributed by atoms with Crippen LogP contribution >= 0.6 is 0 Å². The zero-order chi connectivity index (χ0) is 12.8. The lowest BCUT2D eigenvalue weighted by molar-refractivity contribution is -0.127. The highest BCUT2D eigenvalue weighted by molar-refractivity contribution is 5.87. The van der Waals surface area contributed by atoms with E-state index in [1.54, 1.807) is 0 Å². The molecule has 17 heavy (non-hydrogen) atoms. The van der Waals surface area contributed by atoms with Crippen LogP contribution in [0.5, 0.6) is 0 Å². The average molecular weight is 243 g/mol. The molecule has 1 saturated heterocycles. The molecule has 0 saturated carbocycles. The SMILES string of the molecule is CC(C)CNC(=O)CNC(=O)C1CC(O)CN1. The minimum absolute atomic E-state index is 0.0141. The molecule has 6 heteroatoms. The van der Waals surface area contributed by atoms with E-state index in [0.29, 0.717) is 25.4 Å². The van der Waals surface area contributed by atoms with Gasteiger partial charge in [-0.05, 0) is 12.3 Å². The minimum atomic E-state index is -0.472. The Labute approximate surface area is 101 Å². The van der Waals surface area contributed by atoms with Crippen LogP contribution in [0.4, 0.5) is 0 Å². The van der Waals surface area contributed by atoms with E-state index in [-0.39, 0.29) is 24.4 Å². The van der Waals surface area contributed by atoms with E-state index in [1.807, 2.05) is 13.8 Å². The van der Waals surface area contributed by atoms with E-state index in [9.17, 15) is 14.7 Å². The summed E-state index contributed by atoms with van der Waals surface area (Å²) >= 11 is 0. The van der Waals surface area contributed by atoms with Crippen LogP contribution in [0.2, 0.25) is 0 Å². The summed E-state index contributed by atoms with van der Waals surface area (Å²) in [5.41, 5.74) is 0. The van der Waals surface area contributed by atoms with Crippen molar-refractivity contribution in [2.45, 2.75) is 32.4 Å². The average Bonchev–Trinajstić information content (AvgIpc) is 2.70. The molecular weight excluding hydrogens is 222 g/mol. The molecule has 0 radical (unpaired) electrons. The number of β-amino-alcohol motifs (C(OH)–C–C–N with tert-alkyl or cyclic N) is 1. The molecule has 2 atom stereocenters. The molecule has 1 aliphatic rings. The fraction of sp³-hybridized carbons (Fsp3) is 0.818. The smallest absolute Gasteiger partial charge is 0.239 e. The lowest BCUT2D eigenvalue weighted by atomic mass is 10.2. The van der Waals surface area contributed by atoms with E-state index in [2.05, 4.69) is 16.0 Å². The summed E-state index contributed by atoms with van der Waals surface area (Å²) in [5.74, 6) is -0.0341. The number of carbonyl (C=O) groups is 2. The third-order valence-corrected chi connectivity index (χ3v) is 2.55. The van der Waals surface area contributed by atoms with Crippen molar-refractivity contribution < 1.29 is 14.7 Å². The van der Waals surface area contributed by atoms with Gasteiger partial charge in [-0.15, -0.1) is 0 Å². The molecule has 0 aromatic carbocycles. The molecule has 1 aliphatic heterocycles. The van der Waals surface area contributed by atoms with Gasteiger partial charge in [0.25, 0.3) is 0 Å². The van der Waals surface area contributed by atoms with Crippen molar-refractivity contribution in [2.24, 2.45) is 5.92 Å². The van der Waals surface area contributed by atoms with Crippen LogP contribution < -0.4 is 16.0 Å². The van der Waals surface area contributed by atoms with Crippen molar-refractivity contribution in [3.05, 3.63) is 0 Å². The second-order valence-corrected chi connectivity index (χ2v) is 4.77. The number of rotatable bonds is 5.